The molecule has 1 aliphatic carbocycles. The zero-order chi connectivity index (χ0) is 14.3. The molecule has 2 unspecified atom stereocenters. The molecule has 1 heterocycles. The molecule has 3 N–H and O–H groups in total. The summed E-state index contributed by atoms with van der Waals surface area (Å²) in [7, 11) is 0. The third-order valence-electron chi connectivity index (χ3n) is 4.36. The number of fused-ring (bicyclic) bond motifs is 2. The quantitative estimate of drug-likeness (QED) is 0.814. The van der Waals surface area contributed by atoms with Crippen LogP contribution in [-0.4, -0.2) is 42.4 Å². The SMILES string of the molecule is CC1(C)CC2CC(C)(CN2C(=O)CNC(=O)CN)C1.Cl. The Balaban J connectivity index is 0.00000200. The Morgan fingerprint density at radius 1 is 1.30 bits per heavy atom. The Bertz CT molecular complexity index is 400. The second kappa shape index (κ2) is 5.90. The highest BCUT2D eigenvalue weighted by Crippen LogP contribution is 2.52. The number of carbonyl (C=O) groups excluding carboxylic acids is 2. The number of halogens is 1. The minimum atomic E-state index is -0.276. The van der Waals surface area contributed by atoms with E-state index in [1.807, 2.05) is 4.90 Å². The molecule has 6 heteroatoms. The van der Waals surface area contributed by atoms with Crippen LogP contribution in [-0.2, 0) is 9.59 Å². The fourth-order valence-corrected chi connectivity index (χ4v) is 4.10. The second-order valence-electron chi connectivity index (χ2n) is 7.22. The molecule has 2 rings (SSSR count). The maximum absolute atomic E-state index is 12.2. The number of nitrogens with two attached hydrogens (primary N) is 1. The lowest BCUT2D eigenvalue weighted by molar-refractivity contribution is -0.133. The lowest BCUT2D eigenvalue weighted by Gasteiger charge is -2.39. The van der Waals surface area contributed by atoms with Gasteiger partial charge in [-0.25, -0.2) is 0 Å². The summed E-state index contributed by atoms with van der Waals surface area (Å²) in [6.45, 7) is 7.65. The molecule has 2 amide bonds. The van der Waals surface area contributed by atoms with Gasteiger partial charge in [-0.1, -0.05) is 20.8 Å². The smallest absolute Gasteiger partial charge is 0.242 e. The monoisotopic (exact) mass is 303 g/mol. The van der Waals surface area contributed by atoms with Crippen molar-refractivity contribution in [2.45, 2.75) is 46.1 Å². The van der Waals surface area contributed by atoms with E-state index in [4.69, 9.17) is 5.73 Å². The van der Waals surface area contributed by atoms with Gasteiger partial charge < -0.3 is 16.0 Å². The zero-order valence-corrected chi connectivity index (χ0v) is 13.4. The van der Waals surface area contributed by atoms with Gasteiger partial charge in [0.1, 0.15) is 0 Å². The average molecular weight is 304 g/mol. The van der Waals surface area contributed by atoms with Crippen LogP contribution in [0.15, 0.2) is 0 Å². The third kappa shape index (κ3) is 3.64. The standard InChI is InChI=1S/C14H25N3O2.ClH/c1-13(2)4-10-5-14(3,8-13)9-17(10)12(19)7-16-11(18)6-15;/h10H,4-9,15H2,1-3H3,(H,16,18);1H. The van der Waals surface area contributed by atoms with Crippen molar-refractivity contribution < 1.29 is 9.59 Å². The van der Waals surface area contributed by atoms with Crippen LogP contribution in [0.4, 0.5) is 0 Å². The van der Waals surface area contributed by atoms with E-state index < -0.39 is 0 Å². The highest BCUT2D eigenvalue weighted by molar-refractivity contribution is 5.86. The molecule has 0 aromatic heterocycles. The molecule has 0 aromatic carbocycles. The predicted molar refractivity (Wildman–Crippen MR) is 80.6 cm³/mol. The molecule has 20 heavy (non-hydrogen) atoms. The molecule has 5 nitrogen and oxygen atoms in total. The molecule has 1 saturated carbocycles. The van der Waals surface area contributed by atoms with Crippen LogP contribution in [0.3, 0.4) is 0 Å². The van der Waals surface area contributed by atoms with Crippen LogP contribution in [0.1, 0.15) is 40.0 Å². The fourth-order valence-electron chi connectivity index (χ4n) is 4.10. The Kier molecular flexibility index (Phi) is 5.08. The lowest BCUT2D eigenvalue weighted by Crippen LogP contribution is -2.44. The largest absolute Gasteiger partial charge is 0.346 e. The summed E-state index contributed by atoms with van der Waals surface area (Å²) in [5, 5.41) is 2.57. The zero-order valence-electron chi connectivity index (χ0n) is 12.6. The minimum absolute atomic E-state index is 0. The minimum Gasteiger partial charge on any atom is -0.346 e. The van der Waals surface area contributed by atoms with E-state index >= 15 is 0 Å². The van der Waals surface area contributed by atoms with Crippen molar-refractivity contribution in [1.29, 1.82) is 0 Å². The number of hydrogen-bond acceptors (Lipinski definition) is 3. The van der Waals surface area contributed by atoms with E-state index in [1.165, 1.54) is 0 Å². The van der Waals surface area contributed by atoms with Gasteiger partial charge in [-0.15, -0.1) is 12.4 Å². The van der Waals surface area contributed by atoms with Crippen molar-refractivity contribution in [1.82, 2.24) is 10.2 Å². The van der Waals surface area contributed by atoms with Crippen LogP contribution in [0.25, 0.3) is 0 Å². The number of carbonyl (C=O) groups is 2. The molecular formula is C14H26ClN3O2. The number of hydrogen-bond donors (Lipinski definition) is 2. The summed E-state index contributed by atoms with van der Waals surface area (Å²) < 4.78 is 0. The van der Waals surface area contributed by atoms with Gasteiger partial charge in [0.2, 0.25) is 11.8 Å². The van der Waals surface area contributed by atoms with Crippen molar-refractivity contribution in [2.75, 3.05) is 19.6 Å². The fraction of sp³-hybridized carbons (Fsp3) is 0.857. The average Bonchev–Trinajstić information content (AvgIpc) is 2.55. The molecule has 2 fully saturated rings. The highest BCUT2D eigenvalue weighted by atomic mass is 35.5. The van der Waals surface area contributed by atoms with Gasteiger partial charge in [0.05, 0.1) is 13.1 Å². The molecule has 2 bridgehead atoms. The Morgan fingerprint density at radius 2 is 1.95 bits per heavy atom. The topological polar surface area (TPSA) is 75.4 Å². The van der Waals surface area contributed by atoms with E-state index in [1.54, 1.807) is 0 Å². The lowest BCUT2D eigenvalue weighted by atomic mass is 9.65. The summed E-state index contributed by atoms with van der Waals surface area (Å²) in [5.41, 5.74) is 5.75. The van der Waals surface area contributed by atoms with Crippen LogP contribution in [0.2, 0.25) is 0 Å². The second-order valence-corrected chi connectivity index (χ2v) is 7.22. The maximum atomic E-state index is 12.2. The highest BCUT2D eigenvalue weighted by Gasteiger charge is 2.50. The third-order valence-corrected chi connectivity index (χ3v) is 4.36. The molecule has 0 aromatic rings. The normalized spacial score (nSPS) is 30.6. The van der Waals surface area contributed by atoms with Gasteiger partial charge >= 0.3 is 0 Å². The van der Waals surface area contributed by atoms with Gasteiger partial charge in [0.15, 0.2) is 0 Å². The summed E-state index contributed by atoms with van der Waals surface area (Å²) >= 11 is 0. The first-order valence-electron chi connectivity index (χ1n) is 7.01. The van der Waals surface area contributed by atoms with E-state index in [9.17, 15) is 9.59 Å². The predicted octanol–water partition coefficient (Wildman–Crippen LogP) is 0.910. The number of likely N-dealkylation sites (tertiary alicyclic amines) is 1. The van der Waals surface area contributed by atoms with Crippen LogP contribution >= 0.6 is 12.4 Å². The van der Waals surface area contributed by atoms with E-state index in [0.29, 0.717) is 11.5 Å². The van der Waals surface area contributed by atoms with Crippen LogP contribution < -0.4 is 11.1 Å². The van der Waals surface area contributed by atoms with Gasteiger partial charge in [0, 0.05) is 12.6 Å². The number of nitrogens with zero attached hydrogens (tertiary/aromatic N) is 1. The maximum Gasteiger partial charge on any atom is 0.242 e. The first-order valence-corrected chi connectivity index (χ1v) is 7.01. The van der Waals surface area contributed by atoms with Crippen molar-refractivity contribution in [2.24, 2.45) is 16.6 Å². The summed E-state index contributed by atoms with van der Waals surface area (Å²) in [4.78, 5) is 25.3. The first kappa shape index (κ1) is 17.2. The number of nitrogens with one attached hydrogen (secondary N) is 1. The van der Waals surface area contributed by atoms with Gasteiger partial charge in [-0.3, -0.25) is 9.59 Å². The molecular weight excluding hydrogens is 278 g/mol. The van der Waals surface area contributed by atoms with E-state index in [0.717, 1.165) is 25.8 Å². The Morgan fingerprint density at radius 3 is 2.55 bits per heavy atom. The van der Waals surface area contributed by atoms with Crippen LogP contribution in [0.5, 0.6) is 0 Å². The van der Waals surface area contributed by atoms with Gasteiger partial charge in [0.25, 0.3) is 0 Å². The van der Waals surface area contributed by atoms with Crippen molar-refractivity contribution in [3.05, 3.63) is 0 Å². The molecule has 2 atom stereocenters. The molecule has 116 valence electrons. The molecule has 0 spiro atoms. The van der Waals surface area contributed by atoms with Crippen LogP contribution in [0, 0.1) is 10.8 Å². The summed E-state index contributed by atoms with van der Waals surface area (Å²) in [5.74, 6) is -0.254. The van der Waals surface area contributed by atoms with Crippen molar-refractivity contribution >= 4 is 24.2 Å². The molecule has 2 aliphatic rings. The van der Waals surface area contributed by atoms with E-state index in [-0.39, 0.29) is 42.7 Å². The van der Waals surface area contributed by atoms with Gasteiger partial charge in [-0.2, -0.15) is 0 Å². The van der Waals surface area contributed by atoms with Crippen molar-refractivity contribution in [3.8, 4) is 0 Å². The molecule has 1 aliphatic heterocycles. The molecule has 1 saturated heterocycles. The van der Waals surface area contributed by atoms with E-state index in [2.05, 4.69) is 26.1 Å². The summed E-state index contributed by atoms with van der Waals surface area (Å²) in [6, 6.07) is 0.330. The summed E-state index contributed by atoms with van der Waals surface area (Å²) in [6.07, 6.45) is 3.31. The Hall–Kier alpha value is -0.810. The number of rotatable bonds is 3. The number of amides is 2. The Labute approximate surface area is 127 Å². The first-order chi connectivity index (χ1) is 8.75. The van der Waals surface area contributed by atoms with Crippen molar-refractivity contribution in [3.63, 3.8) is 0 Å². The molecule has 0 radical (unpaired) electrons. The van der Waals surface area contributed by atoms with Gasteiger partial charge in [-0.05, 0) is 30.1 Å².